The molecule has 5 atom stereocenters. The molecule has 5 rings (SSSR count). The summed E-state index contributed by atoms with van der Waals surface area (Å²) in [6.07, 6.45) is 29.6. The van der Waals surface area contributed by atoms with E-state index in [9.17, 15) is 0 Å². The van der Waals surface area contributed by atoms with E-state index >= 15 is 0 Å². The molecule has 1 saturated heterocycles. The van der Waals surface area contributed by atoms with E-state index in [4.69, 9.17) is 21.3 Å². The maximum absolute atomic E-state index is 6.97. The van der Waals surface area contributed by atoms with Crippen LogP contribution in [-0.2, 0) is 21.3 Å². The van der Waals surface area contributed by atoms with E-state index in [1.165, 1.54) is 95.2 Å². The van der Waals surface area contributed by atoms with Gasteiger partial charge in [0.25, 0.3) is 0 Å². The van der Waals surface area contributed by atoms with Gasteiger partial charge in [0.15, 0.2) is 0 Å². The van der Waals surface area contributed by atoms with Crippen molar-refractivity contribution in [1.82, 2.24) is 0 Å². The van der Waals surface area contributed by atoms with Crippen molar-refractivity contribution in [1.29, 1.82) is 0 Å². The van der Waals surface area contributed by atoms with Gasteiger partial charge in [-0.05, 0) is 50.7 Å². The highest BCUT2D eigenvalue weighted by Gasteiger charge is 2.54. The first-order valence-electron chi connectivity index (χ1n) is 12.5. The van der Waals surface area contributed by atoms with Gasteiger partial charge in [0.1, 0.15) is 23.7 Å². The molecular weight excluding hydrogens is 407 g/mol. The average molecular weight is 445 g/mol. The van der Waals surface area contributed by atoms with Crippen LogP contribution in [0.25, 0.3) is 0 Å². The zero-order valence-corrected chi connectivity index (χ0v) is 20.0. The second kappa shape index (κ2) is 9.37. The van der Waals surface area contributed by atoms with Crippen molar-refractivity contribution in [2.24, 2.45) is 0 Å². The van der Waals surface area contributed by atoms with Gasteiger partial charge in [-0.15, -0.1) is 0 Å². The first-order valence-corrected chi connectivity index (χ1v) is 15.5. The van der Waals surface area contributed by atoms with E-state index in [1.54, 1.807) is 0 Å². The van der Waals surface area contributed by atoms with Gasteiger partial charge in [-0.1, -0.05) is 81.4 Å². The Morgan fingerprint density at radius 1 is 0.667 bits per heavy atom. The standard InChI is InChI=1S/C26H37O2PS/c30-29-24-18-12-5-1-3-8-14-20(24)27-22-16-10-7-11-17-23(26(22)29)28-21-15-9-4-2-6-13-19-25(21)29/h7,10-11,16-17,20-21,24-25H,1-6,8-9,12-15,18-19H2/b10-7-,11-7?,16-10?,17-11-,22-16?,23-17?. The van der Waals surface area contributed by atoms with Gasteiger partial charge < -0.3 is 9.47 Å². The maximum atomic E-state index is 6.97. The lowest BCUT2D eigenvalue weighted by Gasteiger charge is -2.52. The largest absolute Gasteiger partial charge is 0.489 e. The van der Waals surface area contributed by atoms with Gasteiger partial charge in [0.05, 0.1) is 5.31 Å². The third-order valence-corrected chi connectivity index (χ3v) is 14.4. The zero-order chi connectivity index (χ0) is 20.4. The molecular formula is C26H37O2PS. The molecule has 5 aliphatic rings. The predicted octanol–water partition coefficient (Wildman–Crippen LogP) is 7.71. The molecule has 0 spiro atoms. The third-order valence-electron chi connectivity index (χ3n) is 7.91. The Morgan fingerprint density at radius 2 is 1.23 bits per heavy atom. The van der Waals surface area contributed by atoms with E-state index in [1.807, 2.05) is 0 Å². The highest BCUT2D eigenvalue weighted by Crippen LogP contribution is 2.74. The summed E-state index contributed by atoms with van der Waals surface area (Å²) in [6, 6.07) is -1.83. The monoisotopic (exact) mass is 444 g/mol. The van der Waals surface area contributed by atoms with E-state index < -0.39 is 6.04 Å². The second-order valence-corrected chi connectivity index (χ2v) is 14.8. The van der Waals surface area contributed by atoms with E-state index in [0.29, 0.717) is 23.5 Å². The van der Waals surface area contributed by atoms with Crippen LogP contribution in [0.2, 0.25) is 0 Å². The summed E-state index contributed by atoms with van der Waals surface area (Å²) in [5.41, 5.74) is 1.09. The third kappa shape index (κ3) is 3.90. The molecule has 0 aromatic heterocycles. The summed E-state index contributed by atoms with van der Waals surface area (Å²) >= 11 is 6.97. The molecule has 2 saturated carbocycles. The number of hydrogen-bond acceptors (Lipinski definition) is 3. The van der Waals surface area contributed by atoms with Crippen molar-refractivity contribution in [3.63, 3.8) is 0 Å². The van der Waals surface area contributed by atoms with Crippen LogP contribution in [-0.4, -0.2) is 23.5 Å². The summed E-state index contributed by atoms with van der Waals surface area (Å²) in [6.45, 7) is 0. The Bertz CT molecular complexity index is 804. The predicted molar refractivity (Wildman–Crippen MR) is 130 cm³/mol. The SMILES string of the molecule is S=P12C3=C(/C=C\C=C/C=C3OC3CCCCCCCC31)OC1CCCCCCCC12. The van der Waals surface area contributed by atoms with E-state index in [-0.39, 0.29) is 0 Å². The number of allylic oxidation sites excluding steroid dienone is 6. The van der Waals surface area contributed by atoms with Crippen molar-refractivity contribution in [2.75, 3.05) is 0 Å². The number of hydrogen-bond donors (Lipinski definition) is 0. The Kier molecular flexibility index (Phi) is 6.58. The van der Waals surface area contributed by atoms with Crippen LogP contribution in [0.4, 0.5) is 0 Å². The molecule has 30 heavy (non-hydrogen) atoms. The topological polar surface area (TPSA) is 18.5 Å². The van der Waals surface area contributed by atoms with Crippen molar-refractivity contribution in [3.05, 3.63) is 47.2 Å². The molecule has 164 valence electrons. The fraction of sp³-hybridized carbons (Fsp3) is 0.692. The average Bonchev–Trinajstić information content (AvgIpc) is 2.92. The van der Waals surface area contributed by atoms with Gasteiger partial charge >= 0.3 is 0 Å². The van der Waals surface area contributed by atoms with E-state index in [0.717, 1.165) is 11.5 Å². The fourth-order valence-corrected chi connectivity index (χ4v) is 13.1. The first-order chi connectivity index (χ1) is 14.8. The van der Waals surface area contributed by atoms with Crippen LogP contribution in [0.15, 0.2) is 47.2 Å². The Hall–Kier alpha value is -0.790. The molecule has 0 radical (unpaired) electrons. The quantitative estimate of drug-likeness (QED) is 0.356. The van der Waals surface area contributed by atoms with Crippen molar-refractivity contribution < 1.29 is 9.47 Å². The Labute approximate surface area is 187 Å². The van der Waals surface area contributed by atoms with Gasteiger partial charge in [0.2, 0.25) is 0 Å². The van der Waals surface area contributed by atoms with Crippen molar-refractivity contribution in [2.45, 2.75) is 113 Å². The molecule has 3 aliphatic carbocycles. The number of ether oxygens (including phenoxy) is 2. The zero-order valence-electron chi connectivity index (χ0n) is 18.3. The molecule has 3 fully saturated rings. The van der Waals surface area contributed by atoms with Crippen LogP contribution in [0.3, 0.4) is 0 Å². The molecule has 2 heterocycles. The van der Waals surface area contributed by atoms with Crippen molar-refractivity contribution >= 4 is 17.8 Å². The number of fused-ring (bicyclic) bond motifs is 4. The molecule has 0 bridgehead atoms. The van der Waals surface area contributed by atoms with Crippen molar-refractivity contribution in [3.8, 4) is 0 Å². The van der Waals surface area contributed by atoms with Crippen LogP contribution < -0.4 is 0 Å². The number of rotatable bonds is 0. The molecule has 2 nitrogen and oxygen atoms in total. The molecule has 4 heteroatoms. The molecule has 0 amide bonds. The van der Waals surface area contributed by atoms with Crippen LogP contribution in [0.5, 0.6) is 0 Å². The Balaban J connectivity index is 1.64. The lowest BCUT2D eigenvalue weighted by molar-refractivity contribution is 0.0758. The van der Waals surface area contributed by atoms with Crippen LogP contribution in [0.1, 0.15) is 89.9 Å². The smallest absolute Gasteiger partial charge is 0.131 e. The molecule has 0 aromatic carbocycles. The highest BCUT2D eigenvalue weighted by molar-refractivity contribution is 8.17. The summed E-state index contributed by atoms with van der Waals surface area (Å²) in [4.78, 5) is 0. The summed E-state index contributed by atoms with van der Waals surface area (Å²) < 4.78 is 13.6. The fourth-order valence-electron chi connectivity index (χ4n) is 6.44. The molecule has 0 aromatic rings. The van der Waals surface area contributed by atoms with Gasteiger partial charge in [-0.25, -0.2) is 0 Å². The summed E-state index contributed by atoms with van der Waals surface area (Å²) in [5.74, 6) is 2.10. The second-order valence-electron chi connectivity index (χ2n) is 9.83. The van der Waals surface area contributed by atoms with Gasteiger partial charge in [-0.3, -0.25) is 0 Å². The Morgan fingerprint density at radius 3 is 1.90 bits per heavy atom. The minimum atomic E-state index is -1.83. The van der Waals surface area contributed by atoms with Crippen LogP contribution >= 0.6 is 6.04 Å². The summed E-state index contributed by atoms with van der Waals surface area (Å²) in [7, 11) is 0. The minimum absolute atomic E-state index is 0.313. The van der Waals surface area contributed by atoms with Crippen LogP contribution in [0, 0.1) is 0 Å². The maximum Gasteiger partial charge on any atom is 0.131 e. The molecule has 0 N–H and O–H groups in total. The highest BCUT2D eigenvalue weighted by atomic mass is 32.4. The van der Waals surface area contributed by atoms with Gasteiger partial charge in [0, 0.05) is 17.4 Å². The summed E-state index contributed by atoms with van der Waals surface area (Å²) in [5, 5.41) is 1.32. The van der Waals surface area contributed by atoms with Gasteiger partial charge in [-0.2, -0.15) is 0 Å². The van der Waals surface area contributed by atoms with E-state index in [2.05, 4.69) is 30.4 Å². The molecule has 2 aliphatic heterocycles. The lowest BCUT2D eigenvalue weighted by atomic mass is 10.0. The minimum Gasteiger partial charge on any atom is -0.489 e. The lowest BCUT2D eigenvalue weighted by Crippen LogP contribution is -2.44. The normalized spacial score (nSPS) is 41.5. The molecule has 5 unspecified atom stereocenters. The first kappa shape index (κ1) is 21.1.